The number of carboxylic acid groups (broad SMARTS) is 1. The second kappa shape index (κ2) is 18.1. The zero-order valence-electron chi connectivity index (χ0n) is 27.6. The molecule has 1 aliphatic rings. The van der Waals surface area contributed by atoms with Gasteiger partial charge >= 0.3 is 12.1 Å². The van der Waals surface area contributed by atoms with Crippen molar-refractivity contribution < 1.29 is 50.9 Å². The number of phenolic OH excluding ortho intramolecular Hbond substituents is 1. The first kappa shape index (κ1) is 39.2. The predicted molar refractivity (Wildman–Crippen MR) is 186 cm³/mol. The van der Waals surface area contributed by atoms with Gasteiger partial charge < -0.3 is 30.9 Å². The van der Waals surface area contributed by atoms with Gasteiger partial charge in [0.2, 0.25) is 5.91 Å². The van der Waals surface area contributed by atoms with Crippen LogP contribution in [0.15, 0.2) is 108 Å². The Hall–Kier alpha value is -5.61. The molecule has 5 rings (SSSR count). The highest BCUT2D eigenvalue weighted by molar-refractivity contribution is 7.92. The number of hydrogen-bond acceptors (Lipinski definition) is 8. The third kappa shape index (κ3) is 12.0. The molecule has 4 aromatic rings. The van der Waals surface area contributed by atoms with Gasteiger partial charge in [0.05, 0.1) is 10.6 Å². The van der Waals surface area contributed by atoms with E-state index in [9.17, 15) is 36.3 Å². The van der Waals surface area contributed by atoms with Crippen molar-refractivity contribution in [3.63, 3.8) is 0 Å². The van der Waals surface area contributed by atoms with E-state index in [1.54, 1.807) is 48.5 Å². The fourth-order valence-corrected chi connectivity index (χ4v) is 6.09. The number of anilines is 1. The van der Waals surface area contributed by atoms with Crippen molar-refractivity contribution in [3.05, 3.63) is 114 Å². The van der Waals surface area contributed by atoms with Crippen molar-refractivity contribution in [1.82, 2.24) is 16.0 Å². The molecule has 0 aromatic heterocycles. The molecule has 52 heavy (non-hydrogen) atoms. The lowest BCUT2D eigenvalue weighted by Gasteiger charge is -2.24. The predicted octanol–water partition coefficient (Wildman–Crippen LogP) is 5.08. The van der Waals surface area contributed by atoms with Crippen LogP contribution < -0.4 is 25.4 Å². The number of carbonyl (C=O) groups is 3. The number of para-hydroxylation sites is 3. The Kier molecular flexibility index (Phi) is 13.6. The zero-order valence-corrected chi connectivity index (χ0v) is 28.4. The maximum atomic E-state index is 13.3. The summed E-state index contributed by atoms with van der Waals surface area (Å²) in [6, 6.07) is 26.8. The number of sulfonamides is 1. The first-order valence-corrected chi connectivity index (χ1v) is 17.5. The molecule has 2 amide bonds. The van der Waals surface area contributed by atoms with Crippen LogP contribution >= 0.6 is 0 Å². The van der Waals surface area contributed by atoms with Gasteiger partial charge in [0.25, 0.3) is 15.9 Å². The van der Waals surface area contributed by atoms with Crippen molar-refractivity contribution in [1.29, 1.82) is 0 Å². The van der Waals surface area contributed by atoms with Crippen LogP contribution in [0.4, 0.5) is 18.9 Å². The second-order valence-corrected chi connectivity index (χ2v) is 13.4. The lowest BCUT2D eigenvalue weighted by molar-refractivity contribution is -0.192. The molecular formula is C36H37F3N4O8S. The number of amides is 2. The number of benzene rings is 4. The van der Waals surface area contributed by atoms with Gasteiger partial charge in [-0.2, -0.15) is 13.2 Å². The van der Waals surface area contributed by atoms with Crippen LogP contribution in [-0.2, 0) is 26.0 Å². The third-order valence-electron chi connectivity index (χ3n) is 7.79. The van der Waals surface area contributed by atoms with E-state index < -0.39 is 34.1 Å². The molecule has 0 saturated carbocycles. The van der Waals surface area contributed by atoms with Crippen molar-refractivity contribution in [2.75, 3.05) is 24.4 Å². The minimum Gasteiger partial charge on any atom is -0.508 e. The number of ether oxygens (including phenoxy) is 1. The van der Waals surface area contributed by atoms with E-state index in [-0.39, 0.29) is 34.2 Å². The summed E-state index contributed by atoms with van der Waals surface area (Å²) in [5.74, 6) is -2.23. The largest absolute Gasteiger partial charge is 0.508 e. The summed E-state index contributed by atoms with van der Waals surface area (Å²) >= 11 is 0. The molecule has 0 aliphatic carbocycles. The molecule has 0 spiro atoms. The smallest absolute Gasteiger partial charge is 0.490 e. The molecule has 1 fully saturated rings. The molecular weight excluding hydrogens is 705 g/mol. The van der Waals surface area contributed by atoms with Crippen molar-refractivity contribution in [3.8, 4) is 17.2 Å². The molecule has 16 heteroatoms. The third-order valence-corrected chi connectivity index (χ3v) is 9.17. The minimum atomic E-state index is -5.08. The molecule has 12 nitrogen and oxygen atoms in total. The summed E-state index contributed by atoms with van der Waals surface area (Å²) in [5.41, 5.74) is 1.22. The van der Waals surface area contributed by atoms with E-state index >= 15 is 0 Å². The van der Waals surface area contributed by atoms with E-state index in [2.05, 4.69) is 20.7 Å². The molecule has 6 N–H and O–H groups in total. The summed E-state index contributed by atoms with van der Waals surface area (Å²) in [7, 11) is -4.02. The number of piperidine rings is 1. The van der Waals surface area contributed by atoms with Gasteiger partial charge in [-0.25, -0.2) is 13.2 Å². The molecule has 0 unspecified atom stereocenters. The number of alkyl halides is 3. The van der Waals surface area contributed by atoms with Gasteiger partial charge in [-0.3, -0.25) is 14.3 Å². The fraction of sp³-hybridized carbons (Fsp3) is 0.250. The highest BCUT2D eigenvalue weighted by Gasteiger charge is 2.38. The van der Waals surface area contributed by atoms with Crippen LogP contribution in [0.25, 0.3) is 0 Å². The van der Waals surface area contributed by atoms with Crippen LogP contribution in [0.1, 0.15) is 28.8 Å². The lowest BCUT2D eigenvalue weighted by atomic mass is 9.98. The Bertz CT molecular complexity index is 1900. The second-order valence-electron chi connectivity index (χ2n) is 11.7. The first-order chi connectivity index (χ1) is 24.7. The summed E-state index contributed by atoms with van der Waals surface area (Å²) in [4.78, 5) is 35.3. The number of carbonyl (C=O) groups excluding carboxylic acids is 2. The number of hydrogen-bond donors (Lipinski definition) is 6. The highest BCUT2D eigenvalue weighted by Crippen LogP contribution is 2.31. The number of carboxylic acids is 1. The SMILES string of the molecule is O=C(N[C@@H](Cc1ccc(O)cc1)C(=O)NCC1CCNCC1)c1ccc(S(=O)(=O)Nc2ccccc2Oc2ccccc2)cc1.O=C(O)C(F)(F)F. The molecule has 276 valence electrons. The number of rotatable bonds is 12. The Morgan fingerprint density at radius 2 is 1.46 bits per heavy atom. The average molecular weight is 743 g/mol. The topological polar surface area (TPSA) is 183 Å². The van der Waals surface area contributed by atoms with Gasteiger partial charge in [0, 0.05) is 18.5 Å². The number of halogens is 3. The molecule has 0 bridgehead atoms. The van der Waals surface area contributed by atoms with Crippen LogP contribution in [-0.4, -0.2) is 68.3 Å². The van der Waals surface area contributed by atoms with Crippen LogP contribution in [0, 0.1) is 5.92 Å². The van der Waals surface area contributed by atoms with Crippen LogP contribution in [0.2, 0.25) is 0 Å². The molecule has 1 saturated heterocycles. The van der Waals surface area contributed by atoms with Gasteiger partial charge in [0.15, 0.2) is 5.75 Å². The number of aliphatic carboxylic acids is 1. The van der Waals surface area contributed by atoms with Crippen LogP contribution in [0.5, 0.6) is 17.2 Å². The van der Waals surface area contributed by atoms with Crippen molar-refractivity contribution in [2.45, 2.75) is 36.4 Å². The maximum absolute atomic E-state index is 13.3. The average Bonchev–Trinajstić information content (AvgIpc) is 3.12. The summed E-state index contributed by atoms with van der Waals surface area (Å²) < 4.78 is 66.7. The van der Waals surface area contributed by atoms with Gasteiger partial charge in [-0.15, -0.1) is 0 Å². The summed E-state index contributed by atoms with van der Waals surface area (Å²) in [5, 5.41) is 25.9. The quantitative estimate of drug-likeness (QED) is 0.115. The van der Waals surface area contributed by atoms with E-state index in [4.69, 9.17) is 14.6 Å². The van der Waals surface area contributed by atoms with Gasteiger partial charge in [-0.05, 0) is 98.1 Å². The summed E-state index contributed by atoms with van der Waals surface area (Å²) in [6.45, 7) is 2.33. The standard InChI is InChI=1S/C34H36N4O6S.C2HF3O2/c39-27-14-10-24(11-15-27)22-31(34(41)36-23-25-18-20-35-21-19-25)37-33(40)26-12-16-29(17-13-26)45(42,43)38-30-8-4-5-9-32(30)44-28-6-2-1-3-7-28;3-2(4,5)1(6)7/h1-17,25,31,35,38-39H,18-23H2,(H,36,41)(H,37,40);(H,6,7)/t31-;/m0./s1. The zero-order chi connectivity index (χ0) is 37.7. The number of aromatic hydroxyl groups is 1. The molecule has 1 heterocycles. The van der Waals surface area contributed by atoms with E-state index in [1.807, 2.05) is 18.2 Å². The van der Waals surface area contributed by atoms with Gasteiger partial charge in [-0.1, -0.05) is 42.5 Å². The Morgan fingerprint density at radius 3 is 2.08 bits per heavy atom. The Balaban J connectivity index is 0.000000785. The minimum absolute atomic E-state index is 0.0473. The highest BCUT2D eigenvalue weighted by atomic mass is 32.2. The van der Waals surface area contributed by atoms with Gasteiger partial charge in [0.1, 0.15) is 17.5 Å². The molecule has 0 radical (unpaired) electrons. The van der Waals surface area contributed by atoms with Crippen LogP contribution in [0.3, 0.4) is 0 Å². The Morgan fingerprint density at radius 1 is 0.865 bits per heavy atom. The Labute approximate surface area is 298 Å². The lowest BCUT2D eigenvalue weighted by Crippen LogP contribution is -2.49. The van der Waals surface area contributed by atoms with Crippen molar-refractivity contribution in [2.24, 2.45) is 5.92 Å². The van der Waals surface area contributed by atoms with E-state index in [0.717, 1.165) is 31.5 Å². The van der Waals surface area contributed by atoms with E-state index in [1.165, 1.54) is 36.4 Å². The fourth-order valence-electron chi connectivity index (χ4n) is 5.02. The number of phenols is 1. The summed E-state index contributed by atoms with van der Waals surface area (Å²) in [6.07, 6.45) is -2.94. The van der Waals surface area contributed by atoms with E-state index in [0.29, 0.717) is 24.0 Å². The number of nitrogens with one attached hydrogen (secondary N) is 4. The van der Waals surface area contributed by atoms with Crippen molar-refractivity contribution >= 4 is 33.5 Å². The first-order valence-electron chi connectivity index (χ1n) is 16.0. The normalized spacial score (nSPS) is 13.8. The monoisotopic (exact) mass is 742 g/mol. The maximum Gasteiger partial charge on any atom is 0.490 e. The molecule has 4 aromatic carbocycles. The molecule has 1 aliphatic heterocycles. The molecule has 1 atom stereocenters.